The average molecular weight is 307 g/mol. The minimum atomic E-state index is 0.880. The lowest BCUT2D eigenvalue weighted by Crippen LogP contribution is -2.51. The summed E-state index contributed by atoms with van der Waals surface area (Å²) < 4.78 is 5.47. The van der Waals surface area contributed by atoms with Crippen molar-refractivity contribution in [2.45, 2.75) is 20.4 Å². The second-order valence-electron chi connectivity index (χ2n) is 5.41. The van der Waals surface area contributed by atoms with Crippen LogP contribution in [0, 0.1) is 6.92 Å². The molecular weight excluding hydrogens is 282 g/mol. The van der Waals surface area contributed by atoms with Crippen molar-refractivity contribution in [3.05, 3.63) is 29.3 Å². The third-order valence-electron chi connectivity index (χ3n) is 3.82. The van der Waals surface area contributed by atoms with E-state index in [0.717, 1.165) is 50.1 Å². The van der Waals surface area contributed by atoms with Crippen LogP contribution in [0.2, 0.25) is 0 Å². The normalized spacial score (nSPS) is 15.9. The van der Waals surface area contributed by atoms with E-state index in [1.807, 2.05) is 0 Å². The van der Waals surface area contributed by atoms with Crippen molar-refractivity contribution < 1.29 is 4.74 Å². The molecule has 1 N–H and O–H groups in total. The number of aryl methyl sites for hydroxylation is 1. The maximum Gasteiger partial charge on any atom is 0.169 e. The molecule has 1 aliphatic rings. The molecule has 0 aromatic heterocycles. The zero-order chi connectivity index (χ0) is 15.2. The Hall–Kier alpha value is -1.33. The zero-order valence-electron chi connectivity index (χ0n) is 13.2. The van der Waals surface area contributed by atoms with Crippen LogP contribution in [-0.2, 0) is 6.54 Å². The molecule has 0 amide bonds. The lowest BCUT2D eigenvalue weighted by molar-refractivity contribution is 0.173. The van der Waals surface area contributed by atoms with E-state index < -0.39 is 0 Å². The lowest BCUT2D eigenvalue weighted by atomic mass is 10.1. The molecule has 1 aliphatic heterocycles. The number of hydrogen-bond acceptors (Lipinski definition) is 3. The maximum atomic E-state index is 5.47. The molecule has 4 nitrogen and oxygen atoms in total. The van der Waals surface area contributed by atoms with Gasteiger partial charge >= 0.3 is 0 Å². The van der Waals surface area contributed by atoms with Crippen LogP contribution in [0.1, 0.15) is 18.1 Å². The molecule has 0 atom stereocenters. The van der Waals surface area contributed by atoms with Gasteiger partial charge in [-0.15, -0.1) is 0 Å². The van der Waals surface area contributed by atoms with Gasteiger partial charge in [-0.1, -0.05) is 17.7 Å². The van der Waals surface area contributed by atoms with Crippen molar-refractivity contribution in [3.63, 3.8) is 0 Å². The third-order valence-corrected chi connectivity index (χ3v) is 4.22. The molecule has 1 saturated heterocycles. The molecule has 0 saturated carbocycles. The highest BCUT2D eigenvalue weighted by Gasteiger charge is 2.19. The number of benzene rings is 1. The number of methoxy groups -OCH3 is 1. The van der Waals surface area contributed by atoms with Crippen molar-refractivity contribution in [1.29, 1.82) is 0 Å². The molecule has 1 heterocycles. The molecular formula is C16H25N3OS. The molecule has 116 valence electrons. The molecule has 21 heavy (non-hydrogen) atoms. The Morgan fingerprint density at radius 3 is 2.62 bits per heavy atom. The summed E-state index contributed by atoms with van der Waals surface area (Å²) >= 11 is 5.37. The Labute approximate surface area is 133 Å². The second kappa shape index (κ2) is 7.61. The summed E-state index contributed by atoms with van der Waals surface area (Å²) in [6.07, 6.45) is 0. The van der Waals surface area contributed by atoms with E-state index in [2.05, 4.69) is 47.2 Å². The first-order valence-corrected chi connectivity index (χ1v) is 7.93. The topological polar surface area (TPSA) is 27.7 Å². The van der Waals surface area contributed by atoms with E-state index >= 15 is 0 Å². The largest absolute Gasteiger partial charge is 0.496 e. The first kappa shape index (κ1) is 16.0. The summed E-state index contributed by atoms with van der Waals surface area (Å²) in [6, 6.07) is 6.37. The first-order chi connectivity index (χ1) is 10.1. The van der Waals surface area contributed by atoms with Crippen LogP contribution in [0.3, 0.4) is 0 Å². The van der Waals surface area contributed by atoms with Crippen LogP contribution in [0.15, 0.2) is 18.2 Å². The van der Waals surface area contributed by atoms with Gasteiger partial charge in [0.1, 0.15) is 5.75 Å². The molecule has 5 heteroatoms. The summed E-state index contributed by atoms with van der Waals surface area (Å²) in [6.45, 7) is 10.1. The highest BCUT2D eigenvalue weighted by Crippen LogP contribution is 2.21. The van der Waals surface area contributed by atoms with E-state index in [9.17, 15) is 0 Å². The van der Waals surface area contributed by atoms with Gasteiger partial charge in [-0.25, -0.2) is 0 Å². The van der Waals surface area contributed by atoms with Gasteiger partial charge in [-0.05, 0) is 32.1 Å². The molecule has 0 radical (unpaired) electrons. The fourth-order valence-corrected chi connectivity index (χ4v) is 2.97. The smallest absolute Gasteiger partial charge is 0.169 e. The van der Waals surface area contributed by atoms with Gasteiger partial charge in [0.05, 0.1) is 7.11 Å². The summed E-state index contributed by atoms with van der Waals surface area (Å²) in [5.41, 5.74) is 2.54. The predicted molar refractivity (Wildman–Crippen MR) is 90.9 cm³/mol. The number of rotatable bonds is 4. The van der Waals surface area contributed by atoms with Gasteiger partial charge < -0.3 is 15.0 Å². The van der Waals surface area contributed by atoms with Gasteiger partial charge in [0.15, 0.2) is 5.11 Å². The Balaban J connectivity index is 1.92. The molecule has 0 bridgehead atoms. The molecule has 1 aromatic rings. The van der Waals surface area contributed by atoms with Crippen molar-refractivity contribution in [3.8, 4) is 5.75 Å². The van der Waals surface area contributed by atoms with Gasteiger partial charge in [-0.3, -0.25) is 4.90 Å². The van der Waals surface area contributed by atoms with Gasteiger partial charge in [0.25, 0.3) is 0 Å². The van der Waals surface area contributed by atoms with E-state index in [1.54, 1.807) is 7.11 Å². The SMILES string of the molecule is CCNC(=S)N1CCN(Cc2cc(C)ccc2OC)CC1. The van der Waals surface area contributed by atoms with Crippen molar-refractivity contribution >= 4 is 17.3 Å². The highest BCUT2D eigenvalue weighted by atomic mass is 32.1. The highest BCUT2D eigenvalue weighted by molar-refractivity contribution is 7.80. The quantitative estimate of drug-likeness (QED) is 0.859. The van der Waals surface area contributed by atoms with Crippen LogP contribution in [0.5, 0.6) is 5.75 Å². The number of nitrogens with zero attached hydrogens (tertiary/aromatic N) is 2. The summed E-state index contributed by atoms with van der Waals surface area (Å²) in [4.78, 5) is 4.71. The number of ether oxygens (including phenoxy) is 1. The number of piperazine rings is 1. The Morgan fingerprint density at radius 2 is 2.00 bits per heavy atom. The van der Waals surface area contributed by atoms with E-state index in [0.29, 0.717) is 0 Å². The van der Waals surface area contributed by atoms with Crippen LogP contribution in [0.25, 0.3) is 0 Å². The van der Waals surface area contributed by atoms with Crippen molar-refractivity contribution in [2.75, 3.05) is 39.8 Å². The molecule has 0 unspecified atom stereocenters. The summed E-state index contributed by atoms with van der Waals surface area (Å²) in [5.74, 6) is 0.978. The number of hydrogen-bond donors (Lipinski definition) is 1. The molecule has 2 rings (SSSR count). The number of nitrogens with one attached hydrogen (secondary N) is 1. The minimum absolute atomic E-state index is 0.880. The molecule has 1 fully saturated rings. The first-order valence-electron chi connectivity index (χ1n) is 7.52. The van der Waals surface area contributed by atoms with Gasteiger partial charge in [0.2, 0.25) is 0 Å². The van der Waals surface area contributed by atoms with E-state index in [-0.39, 0.29) is 0 Å². The van der Waals surface area contributed by atoms with E-state index in [4.69, 9.17) is 17.0 Å². The zero-order valence-corrected chi connectivity index (χ0v) is 14.0. The van der Waals surface area contributed by atoms with Crippen LogP contribution in [0.4, 0.5) is 0 Å². The third kappa shape index (κ3) is 4.32. The van der Waals surface area contributed by atoms with Crippen molar-refractivity contribution in [1.82, 2.24) is 15.1 Å². The average Bonchev–Trinajstić information content (AvgIpc) is 2.48. The second-order valence-corrected chi connectivity index (χ2v) is 5.80. The van der Waals surface area contributed by atoms with Gasteiger partial charge in [-0.2, -0.15) is 0 Å². The Bertz CT molecular complexity index is 484. The monoisotopic (exact) mass is 307 g/mol. The predicted octanol–water partition coefficient (Wildman–Crippen LogP) is 2.02. The van der Waals surface area contributed by atoms with Crippen molar-refractivity contribution in [2.24, 2.45) is 0 Å². The molecule has 1 aromatic carbocycles. The van der Waals surface area contributed by atoms with E-state index in [1.165, 1.54) is 11.1 Å². The Kier molecular flexibility index (Phi) is 5.82. The fraction of sp³-hybridized carbons (Fsp3) is 0.562. The minimum Gasteiger partial charge on any atom is -0.496 e. The number of thiocarbonyl (C=S) groups is 1. The van der Waals surface area contributed by atoms with Crippen LogP contribution < -0.4 is 10.1 Å². The van der Waals surface area contributed by atoms with Crippen LogP contribution >= 0.6 is 12.2 Å². The van der Waals surface area contributed by atoms with Gasteiger partial charge in [0, 0.05) is 44.8 Å². The Morgan fingerprint density at radius 1 is 1.29 bits per heavy atom. The molecule has 0 aliphatic carbocycles. The lowest BCUT2D eigenvalue weighted by Gasteiger charge is -2.36. The van der Waals surface area contributed by atoms with Crippen LogP contribution in [-0.4, -0.2) is 54.7 Å². The maximum absolute atomic E-state index is 5.47. The fourth-order valence-electron chi connectivity index (χ4n) is 2.64. The summed E-state index contributed by atoms with van der Waals surface area (Å²) in [7, 11) is 1.74. The molecule has 0 spiro atoms. The standard InChI is InChI=1S/C16H25N3OS/c1-4-17-16(21)19-9-7-18(8-10-19)12-14-11-13(2)5-6-15(14)20-3/h5-6,11H,4,7-10,12H2,1-3H3,(H,17,21). The summed E-state index contributed by atoms with van der Waals surface area (Å²) in [5, 5.41) is 4.10.